The topological polar surface area (TPSA) is 133 Å². The summed E-state index contributed by atoms with van der Waals surface area (Å²) in [6.45, 7) is 4.11. The highest BCUT2D eigenvalue weighted by molar-refractivity contribution is 7.99. The molecule has 0 saturated heterocycles. The minimum atomic E-state index is -0.851. The SMILES string of the molecule is CCCCCSc1nnc2c(n1)O[C@H](c1cc(OCC)c(O)c([N+](=O)[O-])c1)Nc1ccccc1-2. The van der Waals surface area contributed by atoms with Gasteiger partial charge in [0.25, 0.3) is 0 Å². The fraction of sp³-hybridized carbons (Fsp3) is 0.348. The van der Waals surface area contributed by atoms with Crippen LogP contribution in [0.4, 0.5) is 11.4 Å². The summed E-state index contributed by atoms with van der Waals surface area (Å²) in [5.74, 6) is 0.612. The van der Waals surface area contributed by atoms with Crippen LogP contribution in [0, 0.1) is 10.1 Å². The normalized spacial score (nSPS) is 14.2. The quantitative estimate of drug-likeness (QED) is 0.178. The van der Waals surface area contributed by atoms with Crippen LogP contribution in [0.5, 0.6) is 17.4 Å². The van der Waals surface area contributed by atoms with E-state index < -0.39 is 22.6 Å². The summed E-state index contributed by atoms with van der Waals surface area (Å²) in [5, 5.41) is 34.3. The number of nitro groups is 1. The van der Waals surface area contributed by atoms with Crippen molar-refractivity contribution in [2.75, 3.05) is 17.7 Å². The van der Waals surface area contributed by atoms with Crippen molar-refractivity contribution >= 4 is 23.1 Å². The van der Waals surface area contributed by atoms with Gasteiger partial charge in [-0.2, -0.15) is 4.98 Å². The number of hydrogen-bond donors (Lipinski definition) is 2. The Labute approximate surface area is 200 Å². The van der Waals surface area contributed by atoms with Gasteiger partial charge < -0.3 is 19.9 Å². The Hall–Kier alpha value is -3.60. The number of phenols is 1. The molecule has 1 aliphatic rings. The molecule has 0 aliphatic carbocycles. The van der Waals surface area contributed by atoms with E-state index in [0.717, 1.165) is 30.6 Å². The van der Waals surface area contributed by atoms with Crippen molar-refractivity contribution in [3.05, 3.63) is 52.1 Å². The summed E-state index contributed by atoms with van der Waals surface area (Å²) in [6.07, 6.45) is 2.45. The zero-order chi connectivity index (χ0) is 24.1. The summed E-state index contributed by atoms with van der Waals surface area (Å²) in [6, 6.07) is 10.2. The smallest absolute Gasteiger partial charge is 0.315 e. The standard InChI is InChI=1S/C23H25N5O5S/c1-3-5-8-11-34-23-25-22-19(26-27-23)15-9-6-7-10-16(15)24-21(33-22)14-12-17(28(30)31)20(29)18(13-14)32-4-2/h6-7,9-10,12-13,21,24,29H,3-5,8,11H2,1-2H3/t21-/m1/s1. The first-order chi connectivity index (χ1) is 16.5. The van der Waals surface area contributed by atoms with Crippen LogP contribution in [0.2, 0.25) is 0 Å². The molecule has 0 amide bonds. The van der Waals surface area contributed by atoms with Gasteiger partial charge in [-0.05, 0) is 25.5 Å². The number of hydrogen-bond acceptors (Lipinski definition) is 10. The second kappa shape index (κ2) is 10.6. The average Bonchev–Trinajstić information content (AvgIpc) is 2.99. The van der Waals surface area contributed by atoms with E-state index >= 15 is 0 Å². The molecule has 0 unspecified atom stereocenters. The molecule has 11 heteroatoms. The molecule has 34 heavy (non-hydrogen) atoms. The molecule has 0 spiro atoms. The molecule has 1 atom stereocenters. The molecule has 2 N–H and O–H groups in total. The van der Waals surface area contributed by atoms with Crippen LogP contribution in [-0.2, 0) is 0 Å². The first-order valence-corrected chi connectivity index (χ1v) is 12.0. The average molecular weight is 484 g/mol. The number of thioether (sulfide) groups is 1. The molecule has 0 fully saturated rings. The van der Waals surface area contributed by atoms with Crippen LogP contribution < -0.4 is 14.8 Å². The van der Waals surface area contributed by atoms with Crippen LogP contribution in [0.25, 0.3) is 11.3 Å². The van der Waals surface area contributed by atoms with Crippen LogP contribution >= 0.6 is 11.8 Å². The predicted molar refractivity (Wildman–Crippen MR) is 128 cm³/mol. The van der Waals surface area contributed by atoms with Gasteiger partial charge in [0.05, 0.1) is 11.5 Å². The lowest BCUT2D eigenvalue weighted by atomic mass is 10.1. The number of ether oxygens (including phenoxy) is 2. The van der Waals surface area contributed by atoms with Crippen molar-refractivity contribution in [1.29, 1.82) is 0 Å². The Balaban J connectivity index is 1.75. The van der Waals surface area contributed by atoms with E-state index in [2.05, 4.69) is 27.4 Å². The number of nitrogens with one attached hydrogen (secondary N) is 1. The molecule has 0 saturated carbocycles. The number of aromatic nitrogens is 3. The highest BCUT2D eigenvalue weighted by Crippen LogP contribution is 2.43. The number of nitrogens with zero attached hydrogens (tertiary/aromatic N) is 4. The van der Waals surface area contributed by atoms with Gasteiger partial charge in [-0.3, -0.25) is 10.1 Å². The predicted octanol–water partition coefficient (Wildman–Crippen LogP) is 5.34. The van der Waals surface area contributed by atoms with Crippen LogP contribution in [0.15, 0.2) is 41.6 Å². The van der Waals surface area contributed by atoms with Crippen molar-refractivity contribution in [3.63, 3.8) is 0 Å². The highest BCUT2D eigenvalue weighted by atomic mass is 32.2. The minimum absolute atomic E-state index is 0.00263. The van der Waals surface area contributed by atoms with Gasteiger partial charge in [0.15, 0.2) is 17.7 Å². The van der Waals surface area contributed by atoms with Crippen LogP contribution in [0.3, 0.4) is 0 Å². The molecule has 2 heterocycles. The number of unbranched alkanes of at least 4 members (excludes halogenated alkanes) is 2. The van der Waals surface area contributed by atoms with E-state index in [-0.39, 0.29) is 18.2 Å². The number of phenolic OH excluding ortho intramolecular Hbond substituents is 1. The van der Waals surface area contributed by atoms with Crippen LogP contribution in [-0.4, -0.2) is 37.6 Å². The van der Waals surface area contributed by atoms with Gasteiger partial charge in [-0.15, -0.1) is 10.2 Å². The van der Waals surface area contributed by atoms with E-state index in [0.29, 0.717) is 22.1 Å². The number of aromatic hydroxyl groups is 1. The summed E-state index contributed by atoms with van der Waals surface area (Å²) in [7, 11) is 0. The zero-order valence-corrected chi connectivity index (χ0v) is 19.7. The number of para-hydroxylation sites is 1. The molecular weight excluding hydrogens is 458 g/mol. The van der Waals surface area contributed by atoms with Crippen LogP contribution in [0.1, 0.15) is 44.9 Å². The molecule has 0 radical (unpaired) electrons. The van der Waals surface area contributed by atoms with Crippen molar-refractivity contribution < 1.29 is 19.5 Å². The fourth-order valence-corrected chi connectivity index (χ4v) is 4.32. The van der Waals surface area contributed by atoms with Gasteiger partial charge in [0.2, 0.25) is 16.8 Å². The van der Waals surface area contributed by atoms with Crippen molar-refractivity contribution in [2.45, 2.75) is 44.5 Å². The largest absolute Gasteiger partial charge is 0.500 e. The van der Waals surface area contributed by atoms with Gasteiger partial charge in [0.1, 0.15) is 0 Å². The Morgan fingerprint density at radius 3 is 2.82 bits per heavy atom. The number of anilines is 1. The summed E-state index contributed by atoms with van der Waals surface area (Å²) < 4.78 is 11.6. The Morgan fingerprint density at radius 2 is 2.06 bits per heavy atom. The highest BCUT2D eigenvalue weighted by Gasteiger charge is 2.29. The number of rotatable bonds is 9. The molecular formula is C23H25N5O5S. The molecule has 3 aromatic rings. The molecule has 4 rings (SSSR count). The Kier molecular flexibility index (Phi) is 7.31. The molecule has 0 bridgehead atoms. The Bertz CT molecular complexity index is 1190. The second-order valence-corrected chi connectivity index (χ2v) is 8.63. The Morgan fingerprint density at radius 1 is 1.24 bits per heavy atom. The van der Waals surface area contributed by atoms with Gasteiger partial charge >= 0.3 is 5.69 Å². The molecule has 1 aromatic heterocycles. The third-order valence-electron chi connectivity index (χ3n) is 5.19. The molecule has 178 valence electrons. The van der Waals surface area contributed by atoms with E-state index in [1.807, 2.05) is 24.3 Å². The number of benzene rings is 2. The lowest BCUT2D eigenvalue weighted by molar-refractivity contribution is -0.386. The maximum atomic E-state index is 11.6. The molecule has 1 aliphatic heterocycles. The van der Waals surface area contributed by atoms with Crippen molar-refractivity contribution in [1.82, 2.24) is 15.2 Å². The fourth-order valence-electron chi connectivity index (χ4n) is 3.54. The van der Waals surface area contributed by atoms with Gasteiger partial charge in [0, 0.05) is 28.6 Å². The minimum Gasteiger partial charge on any atom is -0.500 e. The van der Waals surface area contributed by atoms with E-state index in [1.165, 1.54) is 23.9 Å². The number of fused-ring (bicyclic) bond motifs is 3. The first kappa shape index (κ1) is 23.6. The van der Waals surface area contributed by atoms with E-state index in [9.17, 15) is 15.2 Å². The third-order valence-corrected chi connectivity index (χ3v) is 6.11. The van der Waals surface area contributed by atoms with E-state index in [1.54, 1.807) is 6.92 Å². The van der Waals surface area contributed by atoms with Gasteiger partial charge in [-0.25, -0.2) is 0 Å². The first-order valence-electron chi connectivity index (χ1n) is 11.1. The summed E-state index contributed by atoms with van der Waals surface area (Å²) in [4.78, 5) is 15.5. The van der Waals surface area contributed by atoms with Gasteiger partial charge in [-0.1, -0.05) is 49.7 Å². The van der Waals surface area contributed by atoms with E-state index in [4.69, 9.17) is 9.47 Å². The maximum absolute atomic E-state index is 11.6. The monoisotopic (exact) mass is 483 g/mol. The lowest BCUT2D eigenvalue weighted by Crippen LogP contribution is -2.17. The molecule has 2 aromatic carbocycles. The lowest BCUT2D eigenvalue weighted by Gasteiger charge is -2.20. The molecule has 10 nitrogen and oxygen atoms in total. The maximum Gasteiger partial charge on any atom is 0.315 e. The third kappa shape index (κ3) is 4.98. The van der Waals surface area contributed by atoms with Crippen molar-refractivity contribution in [2.24, 2.45) is 0 Å². The zero-order valence-electron chi connectivity index (χ0n) is 18.9. The summed E-state index contributed by atoms with van der Waals surface area (Å²) in [5.41, 5.74) is 1.85. The summed E-state index contributed by atoms with van der Waals surface area (Å²) >= 11 is 1.51. The second-order valence-electron chi connectivity index (χ2n) is 7.57. The number of nitro benzene ring substituents is 1. The van der Waals surface area contributed by atoms with Crippen molar-refractivity contribution in [3.8, 4) is 28.6 Å².